The molecular formula is C13H16FN3. The highest BCUT2D eigenvalue weighted by Gasteiger charge is 2.00. The molecule has 0 saturated heterocycles. The predicted molar refractivity (Wildman–Crippen MR) is 66.6 cm³/mol. The summed E-state index contributed by atoms with van der Waals surface area (Å²) in [6.07, 6.45) is 0. The van der Waals surface area contributed by atoms with E-state index in [1.165, 1.54) is 12.1 Å². The predicted octanol–water partition coefficient (Wildman–Crippen LogP) is 2.75. The molecule has 17 heavy (non-hydrogen) atoms. The molecule has 0 spiro atoms. The van der Waals surface area contributed by atoms with E-state index in [1.807, 2.05) is 30.7 Å². The van der Waals surface area contributed by atoms with Gasteiger partial charge in [-0.3, -0.25) is 4.68 Å². The third kappa shape index (κ3) is 3.06. The van der Waals surface area contributed by atoms with E-state index in [9.17, 15) is 4.39 Å². The number of halogens is 1. The van der Waals surface area contributed by atoms with Crippen molar-refractivity contribution in [2.24, 2.45) is 0 Å². The first-order valence-electron chi connectivity index (χ1n) is 5.65. The Bertz CT molecular complexity index is 505. The van der Waals surface area contributed by atoms with Gasteiger partial charge in [-0.1, -0.05) is 6.07 Å². The molecular weight excluding hydrogens is 217 g/mol. The van der Waals surface area contributed by atoms with Gasteiger partial charge < -0.3 is 5.32 Å². The van der Waals surface area contributed by atoms with Crippen molar-refractivity contribution in [3.8, 4) is 0 Å². The molecule has 1 heterocycles. The van der Waals surface area contributed by atoms with Gasteiger partial charge >= 0.3 is 0 Å². The molecule has 0 aliphatic heterocycles. The second kappa shape index (κ2) is 4.99. The van der Waals surface area contributed by atoms with Crippen LogP contribution in [-0.4, -0.2) is 16.3 Å². The maximum atomic E-state index is 12.9. The highest BCUT2D eigenvalue weighted by atomic mass is 19.1. The van der Waals surface area contributed by atoms with E-state index in [0.29, 0.717) is 0 Å². The molecule has 0 aliphatic carbocycles. The first-order valence-corrected chi connectivity index (χ1v) is 5.65. The molecule has 0 unspecified atom stereocenters. The zero-order chi connectivity index (χ0) is 12.3. The van der Waals surface area contributed by atoms with Crippen LogP contribution in [0.2, 0.25) is 0 Å². The van der Waals surface area contributed by atoms with Gasteiger partial charge in [-0.2, -0.15) is 5.10 Å². The number of anilines is 1. The third-order valence-corrected chi connectivity index (χ3v) is 2.58. The summed E-state index contributed by atoms with van der Waals surface area (Å²) in [4.78, 5) is 0. The van der Waals surface area contributed by atoms with Crippen LogP contribution in [0.15, 0.2) is 30.3 Å². The molecule has 0 saturated carbocycles. The van der Waals surface area contributed by atoms with Crippen LogP contribution in [0, 0.1) is 19.7 Å². The topological polar surface area (TPSA) is 29.9 Å². The Morgan fingerprint density at radius 3 is 2.76 bits per heavy atom. The standard InChI is InChI=1S/C13H16FN3/c1-10-8-11(2)17(16-10)7-6-15-13-5-3-4-12(14)9-13/h3-5,8-9,15H,6-7H2,1-2H3. The Hall–Kier alpha value is -1.84. The molecule has 0 aliphatic rings. The van der Waals surface area contributed by atoms with E-state index in [1.54, 1.807) is 6.07 Å². The minimum absolute atomic E-state index is 0.221. The van der Waals surface area contributed by atoms with Crippen LogP contribution in [0.3, 0.4) is 0 Å². The Labute approximate surface area is 100 Å². The average molecular weight is 233 g/mol. The summed E-state index contributed by atoms with van der Waals surface area (Å²) in [5, 5.41) is 7.53. The van der Waals surface area contributed by atoms with Crippen molar-refractivity contribution in [1.82, 2.24) is 9.78 Å². The van der Waals surface area contributed by atoms with Crippen LogP contribution < -0.4 is 5.32 Å². The van der Waals surface area contributed by atoms with Gasteiger partial charge in [-0.15, -0.1) is 0 Å². The van der Waals surface area contributed by atoms with E-state index in [0.717, 1.165) is 30.2 Å². The van der Waals surface area contributed by atoms with E-state index in [-0.39, 0.29) is 5.82 Å². The molecule has 0 atom stereocenters. The molecule has 1 aromatic carbocycles. The van der Waals surface area contributed by atoms with Gasteiger partial charge in [0.15, 0.2) is 0 Å². The molecule has 1 aromatic heterocycles. The van der Waals surface area contributed by atoms with Crippen LogP contribution in [-0.2, 0) is 6.54 Å². The lowest BCUT2D eigenvalue weighted by atomic mass is 10.3. The molecule has 2 rings (SSSR count). The molecule has 90 valence electrons. The molecule has 2 aromatic rings. The van der Waals surface area contributed by atoms with Gasteiger partial charge in [0, 0.05) is 17.9 Å². The Morgan fingerprint density at radius 2 is 2.12 bits per heavy atom. The monoisotopic (exact) mass is 233 g/mol. The number of hydrogen-bond donors (Lipinski definition) is 1. The number of aryl methyl sites for hydroxylation is 2. The van der Waals surface area contributed by atoms with Crippen LogP contribution >= 0.6 is 0 Å². The Morgan fingerprint density at radius 1 is 1.29 bits per heavy atom. The van der Waals surface area contributed by atoms with Crippen molar-refractivity contribution in [1.29, 1.82) is 0 Å². The first kappa shape index (κ1) is 11.6. The molecule has 0 fully saturated rings. The lowest BCUT2D eigenvalue weighted by Gasteiger charge is -2.07. The zero-order valence-electron chi connectivity index (χ0n) is 10.1. The molecule has 0 amide bonds. The fourth-order valence-corrected chi connectivity index (χ4v) is 1.81. The number of nitrogens with zero attached hydrogens (tertiary/aromatic N) is 2. The number of benzene rings is 1. The minimum atomic E-state index is -0.221. The lowest BCUT2D eigenvalue weighted by molar-refractivity contribution is 0.613. The lowest BCUT2D eigenvalue weighted by Crippen LogP contribution is -2.12. The normalized spacial score (nSPS) is 10.5. The van der Waals surface area contributed by atoms with Crippen LogP contribution in [0.25, 0.3) is 0 Å². The maximum absolute atomic E-state index is 12.9. The van der Waals surface area contributed by atoms with E-state index in [2.05, 4.69) is 10.4 Å². The van der Waals surface area contributed by atoms with Gasteiger partial charge in [0.25, 0.3) is 0 Å². The van der Waals surface area contributed by atoms with E-state index >= 15 is 0 Å². The van der Waals surface area contributed by atoms with E-state index < -0.39 is 0 Å². The molecule has 0 radical (unpaired) electrons. The second-order valence-corrected chi connectivity index (χ2v) is 4.09. The second-order valence-electron chi connectivity index (χ2n) is 4.09. The fraction of sp³-hybridized carbons (Fsp3) is 0.308. The highest BCUT2D eigenvalue weighted by molar-refractivity contribution is 5.42. The molecule has 0 bridgehead atoms. The number of nitrogens with one attached hydrogen (secondary N) is 1. The van der Waals surface area contributed by atoms with Gasteiger partial charge in [0.05, 0.1) is 12.2 Å². The van der Waals surface area contributed by atoms with Crippen LogP contribution in [0.5, 0.6) is 0 Å². The van der Waals surface area contributed by atoms with Crippen LogP contribution in [0.1, 0.15) is 11.4 Å². The SMILES string of the molecule is Cc1cc(C)n(CCNc2cccc(F)c2)n1. The average Bonchev–Trinajstić information content (AvgIpc) is 2.58. The van der Waals surface area contributed by atoms with Crippen molar-refractivity contribution in [2.45, 2.75) is 20.4 Å². The highest BCUT2D eigenvalue weighted by Crippen LogP contribution is 2.09. The van der Waals surface area contributed by atoms with Crippen molar-refractivity contribution in [3.05, 3.63) is 47.5 Å². The van der Waals surface area contributed by atoms with Crippen molar-refractivity contribution in [3.63, 3.8) is 0 Å². The fourth-order valence-electron chi connectivity index (χ4n) is 1.81. The quantitative estimate of drug-likeness (QED) is 0.880. The van der Waals surface area contributed by atoms with Gasteiger partial charge in [0.1, 0.15) is 5.82 Å². The molecule has 1 N–H and O–H groups in total. The van der Waals surface area contributed by atoms with Crippen molar-refractivity contribution in [2.75, 3.05) is 11.9 Å². The Balaban J connectivity index is 1.89. The summed E-state index contributed by atoms with van der Waals surface area (Å²) in [5.41, 5.74) is 2.96. The number of hydrogen-bond acceptors (Lipinski definition) is 2. The smallest absolute Gasteiger partial charge is 0.125 e. The Kier molecular flexibility index (Phi) is 3.42. The van der Waals surface area contributed by atoms with Crippen LogP contribution in [0.4, 0.5) is 10.1 Å². The molecule has 4 heteroatoms. The number of rotatable bonds is 4. The van der Waals surface area contributed by atoms with Crippen molar-refractivity contribution >= 4 is 5.69 Å². The summed E-state index contributed by atoms with van der Waals surface area (Å²) in [6.45, 7) is 5.51. The zero-order valence-corrected chi connectivity index (χ0v) is 10.1. The maximum Gasteiger partial charge on any atom is 0.125 e. The van der Waals surface area contributed by atoms with Gasteiger partial charge in [-0.05, 0) is 38.1 Å². The summed E-state index contributed by atoms with van der Waals surface area (Å²) in [6, 6.07) is 8.51. The summed E-state index contributed by atoms with van der Waals surface area (Å²) in [5.74, 6) is -0.221. The summed E-state index contributed by atoms with van der Waals surface area (Å²) < 4.78 is 14.9. The summed E-state index contributed by atoms with van der Waals surface area (Å²) >= 11 is 0. The van der Waals surface area contributed by atoms with E-state index in [4.69, 9.17) is 0 Å². The largest absolute Gasteiger partial charge is 0.383 e. The number of aromatic nitrogens is 2. The summed E-state index contributed by atoms with van der Waals surface area (Å²) in [7, 11) is 0. The minimum Gasteiger partial charge on any atom is -0.383 e. The van der Waals surface area contributed by atoms with Gasteiger partial charge in [-0.25, -0.2) is 4.39 Å². The van der Waals surface area contributed by atoms with Crippen molar-refractivity contribution < 1.29 is 4.39 Å². The van der Waals surface area contributed by atoms with Gasteiger partial charge in [0.2, 0.25) is 0 Å². The third-order valence-electron chi connectivity index (χ3n) is 2.58. The molecule has 3 nitrogen and oxygen atoms in total. The first-order chi connectivity index (χ1) is 8.15.